The van der Waals surface area contributed by atoms with Gasteiger partial charge in [-0.15, -0.1) is 0 Å². The molecule has 2 aliphatic rings. The zero-order valence-electron chi connectivity index (χ0n) is 14.8. The van der Waals surface area contributed by atoms with Crippen LogP contribution in [0.4, 0.5) is 11.4 Å². The van der Waals surface area contributed by atoms with E-state index in [9.17, 15) is 0 Å². The van der Waals surface area contributed by atoms with Gasteiger partial charge >= 0.3 is 0 Å². The molecule has 0 aromatic heterocycles. The predicted molar refractivity (Wildman–Crippen MR) is 114 cm³/mol. The number of anilines is 2. The van der Waals surface area contributed by atoms with Gasteiger partial charge in [-0.1, -0.05) is 53.5 Å². The van der Waals surface area contributed by atoms with E-state index in [4.69, 9.17) is 23.2 Å². The second-order valence-electron chi connectivity index (χ2n) is 7.40. The van der Waals surface area contributed by atoms with Crippen LogP contribution >= 0.6 is 23.2 Å². The van der Waals surface area contributed by atoms with Crippen molar-refractivity contribution in [2.24, 2.45) is 0 Å². The molecule has 2 heterocycles. The maximum atomic E-state index is 6.33. The van der Waals surface area contributed by atoms with Gasteiger partial charge in [0.1, 0.15) is 0 Å². The van der Waals surface area contributed by atoms with E-state index in [0.717, 1.165) is 23.0 Å². The minimum atomic E-state index is 0.301. The molecule has 4 heteroatoms. The maximum absolute atomic E-state index is 6.33. The number of para-hydroxylation sites is 1. The molecule has 27 heavy (non-hydrogen) atoms. The van der Waals surface area contributed by atoms with Crippen molar-refractivity contribution in [3.8, 4) is 0 Å². The molecule has 0 spiro atoms. The molecule has 2 aliphatic heterocycles. The van der Waals surface area contributed by atoms with Crippen molar-refractivity contribution in [2.45, 2.75) is 24.3 Å². The Hall–Kier alpha value is -2.16. The number of fused-ring (bicyclic) bond motifs is 2. The summed E-state index contributed by atoms with van der Waals surface area (Å²) in [6.45, 7) is 0.966. The topological polar surface area (TPSA) is 24.1 Å². The summed E-state index contributed by atoms with van der Waals surface area (Å²) in [5.74, 6) is 0.745. The summed E-state index contributed by atoms with van der Waals surface area (Å²) in [5.41, 5.74) is 6.39. The van der Waals surface area contributed by atoms with Gasteiger partial charge < -0.3 is 10.6 Å². The van der Waals surface area contributed by atoms with Crippen molar-refractivity contribution in [3.63, 3.8) is 0 Å². The molecular weight excluding hydrogens is 375 g/mol. The molecule has 2 N–H and O–H groups in total. The summed E-state index contributed by atoms with van der Waals surface area (Å²) in [6, 6.07) is 23.4. The van der Waals surface area contributed by atoms with Crippen molar-refractivity contribution in [3.05, 3.63) is 93.5 Å². The number of hydrogen-bond donors (Lipinski definition) is 2. The first-order chi connectivity index (χ1) is 13.2. The van der Waals surface area contributed by atoms with Crippen LogP contribution in [-0.2, 0) is 0 Å². The van der Waals surface area contributed by atoms with Gasteiger partial charge in [-0.05, 0) is 59.5 Å². The number of rotatable bonds is 2. The van der Waals surface area contributed by atoms with Crippen LogP contribution in [0.25, 0.3) is 0 Å². The van der Waals surface area contributed by atoms with Gasteiger partial charge in [-0.25, -0.2) is 0 Å². The molecule has 3 aromatic rings. The average molecular weight is 395 g/mol. The van der Waals surface area contributed by atoms with Gasteiger partial charge in [0.25, 0.3) is 0 Å². The maximum Gasteiger partial charge on any atom is 0.0410 e. The van der Waals surface area contributed by atoms with E-state index in [2.05, 4.69) is 59.2 Å². The van der Waals surface area contributed by atoms with E-state index in [-0.39, 0.29) is 0 Å². The second kappa shape index (κ2) is 6.78. The molecule has 0 saturated heterocycles. The lowest BCUT2D eigenvalue weighted by atomic mass is 9.77. The summed E-state index contributed by atoms with van der Waals surface area (Å²) in [6.07, 6.45) is 1.02. The van der Waals surface area contributed by atoms with Gasteiger partial charge in [-0.3, -0.25) is 0 Å². The molecule has 136 valence electrons. The zero-order chi connectivity index (χ0) is 18.4. The molecule has 5 rings (SSSR count). The monoisotopic (exact) mass is 394 g/mol. The summed E-state index contributed by atoms with van der Waals surface area (Å²) in [7, 11) is 0. The molecule has 3 atom stereocenters. The average Bonchev–Trinajstić information content (AvgIpc) is 3.12. The van der Waals surface area contributed by atoms with Crippen LogP contribution in [0.3, 0.4) is 0 Å². The van der Waals surface area contributed by atoms with Gasteiger partial charge in [-0.2, -0.15) is 0 Å². The number of halogens is 2. The molecule has 0 aliphatic carbocycles. The van der Waals surface area contributed by atoms with E-state index in [1.54, 1.807) is 0 Å². The Kier molecular flexibility index (Phi) is 4.26. The van der Waals surface area contributed by atoms with Crippen molar-refractivity contribution < 1.29 is 0 Å². The standard InChI is InChI=1S/C23H20Cl2N2/c24-15-7-5-14(6-8-15)18-12-23(27-22-10-9-16(25)11-19(18)22)20-13-26-21-4-2-1-3-17(20)21/h1-11,18,20,23,26-27H,12-13H2/t18-,20?,23+/m0/s1. The molecule has 0 radical (unpaired) electrons. The fraction of sp³-hybridized carbons (Fsp3) is 0.217. The lowest BCUT2D eigenvalue weighted by Crippen LogP contribution is -2.35. The molecule has 0 amide bonds. The summed E-state index contributed by atoms with van der Waals surface area (Å²) in [5, 5.41) is 8.90. The Morgan fingerprint density at radius 2 is 1.56 bits per heavy atom. The summed E-state index contributed by atoms with van der Waals surface area (Å²) in [4.78, 5) is 0. The molecule has 2 nitrogen and oxygen atoms in total. The van der Waals surface area contributed by atoms with Crippen LogP contribution < -0.4 is 10.6 Å². The second-order valence-corrected chi connectivity index (χ2v) is 8.27. The van der Waals surface area contributed by atoms with Gasteiger partial charge in [0, 0.05) is 45.8 Å². The van der Waals surface area contributed by atoms with Gasteiger partial charge in [0.05, 0.1) is 0 Å². The fourth-order valence-corrected chi connectivity index (χ4v) is 4.85. The molecule has 0 saturated carbocycles. The third-order valence-corrected chi connectivity index (χ3v) is 6.34. The molecular formula is C23H20Cl2N2. The Bertz CT molecular complexity index is 984. The number of nitrogens with one attached hydrogen (secondary N) is 2. The van der Waals surface area contributed by atoms with Gasteiger partial charge in [0.2, 0.25) is 0 Å². The largest absolute Gasteiger partial charge is 0.384 e. The highest BCUT2D eigenvalue weighted by Crippen LogP contribution is 2.45. The van der Waals surface area contributed by atoms with Crippen molar-refractivity contribution in [1.82, 2.24) is 0 Å². The highest BCUT2D eigenvalue weighted by Gasteiger charge is 2.36. The Morgan fingerprint density at radius 1 is 0.778 bits per heavy atom. The summed E-state index contributed by atoms with van der Waals surface area (Å²) >= 11 is 12.4. The molecule has 0 bridgehead atoms. The number of hydrogen-bond acceptors (Lipinski definition) is 2. The van der Waals surface area contributed by atoms with Crippen LogP contribution in [0.1, 0.15) is 34.9 Å². The van der Waals surface area contributed by atoms with E-state index >= 15 is 0 Å². The smallest absolute Gasteiger partial charge is 0.0410 e. The highest BCUT2D eigenvalue weighted by molar-refractivity contribution is 6.31. The first-order valence-electron chi connectivity index (χ1n) is 9.33. The first-order valence-corrected chi connectivity index (χ1v) is 10.1. The minimum absolute atomic E-state index is 0.301. The van der Waals surface area contributed by atoms with Crippen LogP contribution in [-0.4, -0.2) is 12.6 Å². The van der Waals surface area contributed by atoms with Crippen molar-refractivity contribution in [2.75, 3.05) is 17.2 Å². The predicted octanol–water partition coefficient (Wildman–Crippen LogP) is 6.52. The Labute approximate surface area is 169 Å². The van der Waals surface area contributed by atoms with E-state index in [1.165, 1.54) is 28.1 Å². The van der Waals surface area contributed by atoms with Crippen molar-refractivity contribution >= 4 is 34.6 Å². The third kappa shape index (κ3) is 3.07. The van der Waals surface area contributed by atoms with Crippen LogP contribution in [0.5, 0.6) is 0 Å². The quantitative estimate of drug-likeness (QED) is 0.516. The lowest BCUT2D eigenvalue weighted by Gasteiger charge is -2.37. The van der Waals surface area contributed by atoms with Crippen LogP contribution in [0.15, 0.2) is 66.7 Å². The SMILES string of the molecule is Clc1ccc([C@@H]2C[C@H](C3CNc4ccccc43)Nc3ccc(Cl)cc32)cc1. The highest BCUT2D eigenvalue weighted by atomic mass is 35.5. The van der Waals surface area contributed by atoms with E-state index in [0.29, 0.717) is 17.9 Å². The lowest BCUT2D eigenvalue weighted by molar-refractivity contribution is 0.513. The van der Waals surface area contributed by atoms with Crippen molar-refractivity contribution in [1.29, 1.82) is 0 Å². The minimum Gasteiger partial charge on any atom is -0.384 e. The zero-order valence-corrected chi connectivity index (χ0v) is 16.3. The molecule has 1 unspecified atom stereocenters. The normalized spacial score (nSPS) is 23.1. The summed E-state index contributed by atoms with van der Waals surface area (Å²) < 4.78 is 0. The first kappa shape index (κ1) is 17.0. The Morgan fingerprint density at radius 3 is 2.41 bits per heavy atom. The van der Waals surface area contributed by atoms with Crippen LogP contribution in [0.2, 0.25) is 10.0 Å². The Balaban J connectivity index is 1.55. The number of benzene rings is 3. The fourth-order valence-electron chi connectivity index (χ4n) is 4.54. The van der Waals surface area contributed by atoms with E-state index < -0.39 is 0 Å². The molecule has 3 aromatic carbocycles. The van der Waals surface area contributed by atoms with E-state index in [1.807, 2.05) is 18.2 Å². The molecule has 0 fully saturated rings. The third-order valence-electron chi connectivity index (χ3n) is 5.85. The van der Waals surface area contributed by atoms with Gasteiger partial charge in [0.15, 0.2) is 0 Å². The van der Waals surface area contributed by atoms with Crippen LogP contribution in [0, 0.1) is 0 Å².